The molecular weight excluding hydrogens is 312 g/mol. The first-order valence-corrected chi connectivity index (χ1v) is 9.34. The fraction of sp³-hybridized carbons (Fsp3) is 0.353. The van der Waals surface area contributed by atoms with E-state index < -0.39 is 0 Å². The average Bonchev–Trinajstić information content (AvgIpc) is 3.06. The van der Waals surface area contributed by atoms with Gasteiger partial charge in [-0.1, -0.05) is 18.2 Å². The molecule has 0 radical (unpaired) electrons. The normalized spacial score (nSPS) is 12.4. The molecule has 0 fully saturated rings. The smallest absolute Gasteiger partial charge is 0.237 e. The highest BCUT2D eigenvalue weighted by Crippen LogP contribution is 2.16. The van der Waals surface area contributed by atoms with E-state index in [1.165, 1.54) is 15.3 Å². The van der Waals surface area contributed by atoms with Crippen LogP contribution >= 0.6 is 23.1 Å². The number of hydrogen-bond acceptors (Lipinski definition) is 4. The van der Waals surface area contributed by atoms with E-state index in [9.17, 15) is 4.79 Å². The Morgan fingerprint density at radius 1 is 1.32 bits per heavy atom. The van der Waals surface area contributed by atoms with Crippen molar-refractivity contribution in [2.24, 2.45) is 0 Å². The molecule has 0 bridgehead atoms. The van der Waals surface area contributed by atoms with E-state index in [0.717, 1.165) is 6.54 Å². The van der Waals surface area contributed by atoms with Crippen LogP contribution in [0.2, 0.25) is 0 Å². The van der Waals surface area contributed by atoms with E-state index in [1.807, 2.05) is 31.5 Å². The van der Waals surface area contributed by atoms with Gasteiger partial charge in [0.1, 0.15) is 0 Å². The fourth-order valence-corrected chi connectivity index (χ4v) is 3.14. The summed E-state index contributed by atoms with van der Waals surface area (Å²) in [4.78, 5) is 16.7. The molecule has 0 aliphatic carbocycles. The van der Waals surface area contributed by atoms with Crippen molar-refractivity contribution in [3.8, 4) is 0 Å². The molecule has 1 atom stereocenters. The second-order valence-corrected chi connectivity index (χ2v) is 7.15. The average molecular weight is 335 g/mol. The minimum absolute atomic E-state index is 0.0663. The van der Waals surface area contributed by atoms with Crippen LogP contribution in [0.4, 0.5) is 0 Å². The first-order chi connectivity index (χ1) is 10.6. The minimum atomic E-state index is -0.153. The summed E-state index contributed by atoms with van der Waals surface area (Å²) in [5.41, 5.74) is 1.22. The largest absolute Gasteiger partial charge is 0.350 e. The molecule has 1 aromatic carbocycles. The van der Waals surface area contributed by atoms with Gasteiger partial charge in [-0.15, -0.1) is 23.1 Å². The maximum atomic E-state index is 12.2. The summed E-state index contributed by atoms with van der Waals surface area (Å²) in [6.07, 6.45) is 2.07. The predicted octanol–water partition coefficient (Wildman–Crippen LogP) is 3.61. The lowest BCUT2D eigenvalue weighted by Crippen LogP contribution is -2.42. The highest BCUT2D eigenvalue weighted by Gasteiger charge is 2.17. The van der Waals surface area contributed by atoms with Crippen LogP contribution in [0.15, 0.2) is 46.7 Å². The van der Waals surface area contributed by atoms with E-state index in [0.29, 0.717) is 6.54 Å². The number of thioether (sulfide) groups is 1. The quantitative estimate of drug-likeness (QED) is 0.785. The number of thiophene rings is 1. The van der Waals surface area contributed by atoms with Crippen LogP contribution in [-0.4, -0.2) is 30.2 Å². The van der Waals surface area contributed by atoms with Gasteiger partial charge < -0.3 is 5.32 Å². The number of amides is 1. The molecule has 0 aliphatic heterocycles. The van der Waals surface area contributed by atoms with Gasteiger partial charge in [0.25, 0.3) is 0 Å². The van der Waals surface area contributed by atoms with Crippen LogP contribution in [0, 0.1) is 0 Å². The standard InChI is InChI=1S/C17H22N2OS2/c1-13(17(20)18-11-16-5-4-10-22-16)19(2)12-14-6-8-15(21-3)9-7-14/h4-10,13H,11-12H2,1-3H3,(H,18,20)/t13-/m1/s1. The van der Waals surface area contributed by atoms with Crippen LogP contribution in [-0.2, 0) is 17.9 Å². The van der Waals surface area contributed by atoms with E-state index in [4.69, 9.17) is 0 Å². The van der Waals surface area contributed by atoms with Crippen molar-refractivity contribution in [3.63, 3.8) is 0 Å². The third-order valence-corrected chi connectivity index (χ3v) is 5.27. The monoisotopic (exact) mass is 334 g/mol. The van der Waals surface area contributed by atoms with Crippen molar-refractivity contribution in [1.29, 1.82) is 0 Å². The SMILES string of the molecule is CSc1ccc(CN(C)[C@H](C)C(=O)NCc2cccs2)cc1. The Morgan fingerprint density at radius 3 is 2.64 bits per heavy atom. The van der Waals surface area contributed by atoms with Gasteiger partial charge in [-0.25, -0.2) is 0 Å². The van der Waals surface area contributed by atoms with Crippen LogP contribution in [0.1, 0.15) is 17.4 Å². The first-order valence-electron chi connectivity index (χ1n) is 7.23. The highest BCUT2D eigenvalue weighted by molar-refractivity contribution is 7.98. The minimum Gasteiger partial charge on any atom is -0.350 e. The second kappa shape index (κ2) is 8.36. The lowest BCUT2D eigenvalue weighted by Gasteiger charge is -2.24. The third-order valence-electron chi connectivity index (χ3n) is 3.65. The van der Waals surface area contributed by atoms with Crippen molar-refractivity contribution in [1.82, 2.24) is 10.2 Å². The van der Waals surface area contributed by atoms with Gasteiger partial charge in [0.05, 0.1) is 12.6 Å². The Kier molecular flexibility index (Phi) is 6.49. The highest BCUT2D eigenvalue weighted by atomic mass is 32.2. The zero-order valence-corrected chi connectivity index (χ0v) is 14.8. The zero-order valence-electron chi connectivity index (χ0n) is 13.2. The summed E-state index contributed by atoms with van der Waals surface area (Å²) in [5.74, 6) is 0.0663. The second-order valence-electron chi connectivity index (χ2n) is 5.24. The predicted molar refractivity (Wildman–Crippen MR) is 95.3 cm³/mol. The first kappa shape index (κ1) is 17.1. The molecule has 2 aromatic rings. The number of rotatable bonds is 7. The Hall–Kier alpha value is -1.30. The summed E-state index contributed by atoms with van der Waals surface area (Å²) >= 11 is 3.40. The molecule has 1 amide bonds. The molecule has 1 N–H and O–H groups in total. The van der Waals surface area contributed by atoms with Crippen molar-refractivity contribution in [2.45, 2.75) is 31.0 Å². The Balaban J connectivity index is 1.84. The summed E-state index contributed by atoms with van der Waals surface area (Å²) in [6.45, 7) is 3.32. The molecule has 0 saturated heterocycles. The third kappa shape index (κ3) is 4.87. The Morgan fingerprint density at radius 2 is 2.05 bits per heavy atom. The van der Waals surface area contributed by atoms with Crippen molar-refractivity contribution >= 4 is 29.0 Å². The van der Waals surface area contributed by atoms with Crippen molar-refractivity contribution in [3.05, 3.63) is 52.2 Å². The fourth-order valence-electron chi connectivity index (χ4n) is 2.09. The molecule has 5 heteroatoms. The van der Waals surface area contributed by atoms with Gasteiger partial charge in [0.2, 0.25) is 5.91 Å². The van der Waals surface area contributed by atoms with Gasteiger partial charge in [-0.2, -0.15) is 0 Å². The molecule has 118 valence electrons. The van der Waals surface area contributed by atoms with Gasteiger partial charge >= 0.3 is 0 Å². The maximum absolute atomic E-state index is 12.2. The summed E-state index contributed by atoms with van der Waals surface area (Å²) < 4.78 is 0. The molecule has 2 rings (SSSR count). The van der Waals surface area contributed by atoms with Gasteiger partial charge in [0, 0.05) is 16.3 Å². The van der Waals surface area contributed by atoms with Gasteiger partial charge in [0.15, 0.2) is 0 Å². The molecule has 0 unspecified atom stereocenters. The summed E-state index contributed by atoms with van der Waals surface area (Å²) in [7, 11) is 1.98. The van der Waals surface area contributed by atoms with E-state index in [-0.39, 0.29) is 11.9 Å². The van der Waals surface area contributed by atoms with E-state index >= 15 is 0 Å². The van der Waals surface area contributed by atoms with Gasteiger partial charge in [-0.3, -0.25) is 9.69 Å². The van der Waals surface area contributed by atoms with Crippen LogP contribution in [0.5, 0.6) is 0 Å². The van der Waals surface area contributed by atoms with E-state index in [2.05, 4.69) is 40.7 Å². The number of hydrogen-bond donors (Lipinski definition) is 1. The Bertz CT molecular complexity index is 581. The number of carbonyl (C=O) groups excluding carboxylic acids is 1. The zero-order chi connectivity index (χ0) is 15.9. The molecule has 0 spiro atoms. The molecule has 3 nitrogen and oxygen atoms in total. The topological polar surface area (TPSA) is 32.3 Å². The lowest BCUT2D eigenvalue weighted by atomic mass is 10.2. The van der Waals surface area contributed by atoms with Gasteiger partial charge in [-0.05, 0) is 49.4 Å². The maximum Gasteiger partial charge on any atom is 0.237 e. The van der Waals surface area contributed by atoms with Crippen LogP contribution in [0.3, 0.4) is 0 Å². The lowest BCUT2D eigenvalue weighted by molar-refractivity contribution is -0.125. The van der Waals surface area contributed by atoms with Crippen LogP contribution in [0.25, 0.3) is 0 Å². The number of carbonyl (C=O) groups is 1. The van der Waals surface area contributed by atoms with E-state index in [1.54, 1.807) is 23.1 Å². The molecule has 22 heavy (non-hydrogen) atoms. The molecular formula is C17H22N2OS2. The summed E-state index contributed by atoms with van der Waals surface area (Å²) in [6, 6.07) is 12.4. The molecule has 1 aromatic heterocycles. The van der Waals surface area contributed by atoms with Crippen LogP contribution < -0.4 is 5.32 Å². The summed E-state index contributed by atoms with van der Waals surface area (Å²) in [5, 5.41) is 5.02. The number of nitrogens with one attached hydrogen (secondary N) is 1. The molecule has 0 aliphatic rings. The number of likely N-dealkylation sites (N-methyl/N-ethyl adjacent to an activating group) is 1. The number of benzene rings is 1. The van der Waals surface area contributed by atoms with Crippen molar-refractivity contribution in [2.75, 3.05) is 13.3 Å². The molecule has 0 saturated carbocycles. The Labute approximate surface area is 140 Å². The number of nitrogens with zero attached hydrogens (tertiary/aromatic N) is 1. The van der Waals surface area contributed by atoms with Crippen molar-refractivity contribution < 1.29 is 4.79 Å². The molecule has 1 heterocycles.